The number of nitrogens with one attached hydrogen (secondary N) is 2. The lowest BCUT2D eigenvalue weighted by molar-refractivity contribution is 0.0242. The number of carbonyl (C=O) groups is 1. The van der Waals surface area contributed by atoms with Gasteiger partial charge in [-0.3, -0.25) is 9.80 Å². The molecule has 0 saturated carbocycles. The fourth-order valence-corrected chi connectivity index (χ4v) is 4.07. The summed E-state index contributed by atoms with van der Waals surface area (Å²) >= 11 is 0. The van der Waals surface area contributed by atoms with Gasteiger partial charge in [0, 0.05) is 44.9 Å². The van der Waals surface area contributed by atoms with Gasteiger partial charge in [-0.2, -0.15) is 9.61 Å². The van der Waals surface area contributed by atoms with Gasteiger partial charge in [-0.05, 0) is 6.42 Å². The number of nitrogens with zero attached hydrogens (tertiary/aromatic N) is 5. The van der Waals surface area contributed by atoms with E-state index in [9.17, 15) is 9.18 Å². The Morgan fingerprint density at radius 1 is 1.22 bits per heavy atom. The molecular weight excluding hydrogens is 417 g/mol. The average Bonchev–Trinajstić information content (AvgIpc) is 3.45. The van der Waals surface area contributed by atoms with Crippen LogP contribution in [0.2, 0.25) is 0 Å². The molecule has 1 fully saturated rings. The third-order valence-corrected chi connectivity index (χ3v) is 5.56. The summed E-state index contributed by atoms with van der Waals surface area (Å²) < 4.78 is 26.9. The highest BCUT2D eigenvalue weighted by Gasteiger charge is 2.29. The van der Waals surface area contributed by atoms with E-state index in [4.69, 9.17) is 9.47 Å². The van der Waals surface area contributed by atoms with E-state index < -0.39 is 5.82 Å². The summed E-state index contributed by atoms with van der Waals surface area (Å²) in [5, 5.41) is 14.3. The Bertz CT molecular complexity index is 1180. The molecule has 0 bridgehead atoms. The van der Waals surface area contributed by atoms with Crippen LogP contribution in [0.3, 0.4) is 0 Å². The van der Waals surface area contributed by atoms with Crippen molar-refractivity contribution in [2.45, 2.75) is 13.3 Å². The van der Waals surface area contributed by atoms with Crippen LogP contribution < -0.4 is 20.1 Å². The number of carbonyl (C=O) groups excluding carboxylic acids is 1. The van der Waals surface area contributed by atoms with Gasteiger partial charge >= 0.3 is 0 Å². The second-order valence-electron chi connectivity index (χ2n) is 7.50. The number of aromatic nitrogens is 3. The molecule has 0 atom stereocenters. The molecule has 3 aromatic rings. The molecule has 10 nitrogen and oxygen atoms in total. The van der Waals surface area contributed by atoms with E-state index in [1.165, 1.54) is 18.3 Å². The summed E-state index contributed by atoms with van der Waals surface area (Å²) in [6.07, 6.45) is 2.45. The van der Waals surface area contributed by atoms with Crippen molar-refractivity contribution < 1.29 is 18.7 Å². The molecule has 2 aliphatic heterocycles. The monoisotopic (exact) mass is 441 g/mol. The summed E-state index contributed by atoms with van der Waals surface area (Å²) in [5.74, 6) is 1.18. The number of halogens is 1. The smallest absolute Gasteiger partial charge is 0.273 e. The van der Waals surface area contributed by atoms with Gasteiger partial charge in [0.2, 0.25) is 0 Å². The predicted molar refractivity (Wildman–Crippen MR) is 116 cm³/mol. The van der Waals surface area contributed by atoms with Crippen LogP contribution in [0.4, 0.5) is 21.7 Å². The van der Waals surface area contributed by atoms with Gasteiger partial charge in [-0.25, -0.2) is 14.4 Å². The number of benzene rings is 1. The van der Waals surface area contributed by atoms with E-state index >= 15 is 0 Å². The zero-order valence-electron chi connectivity index (χ0n) is 17.9. The van der Waals surface area contributed by atoms with Crippen LogP contribution in [0.25, 0.3) is 5.65 Å². The first kappa shape index (κ1) is 20.3. The summed E-state index contributed by atoms with van der Waals surface area (Å²) in [6.45, 7) is 5.00. The quantitative estimate of drug-likeness (QED) is 0.624. The molecule has 0 spiro atoms. The first-order valence-corrected chi connectivity index (χ1v) is 10.6. The molecule has 2 aliphatic rings. The number of rotatable bonds is 5. The lowest BCUT2D eigenvalue weighted by Crippen LogP contribution is -2.41. The van der Waals surface area contributed by atoms with Crippen LogP contribution in [0.5, 0.6) is 11.5 Å². The number of amides is 1. The Labute approximate surface area is 183 Å². The van der Waals surface area contributed by atoms with Crippen molar-refractivity contribution in [1.82, 2.24) is 24.6 Å². The van der Waals surface area contributed by atoms with Crippen molar-refractivity contribution in [1.29, 1.82) is 0 Å². The largest absolute Gasteiger partial charge is 0.486 e. The Hall–Kier alpha value is -3.60. The zero-order chi connectivity index (χ0) is 22.2. The molecule has 32 heavy (non-hydrogen) atoms. The van der Waals surface area contributed by atoms with Gasteiger partial charge in [0.15, 0.2) is 17.1 Å². The van der Waals surface area contributed by atoms with Crippen LogP contribution in [0, 0.1) is 5.82 Å². The average molecular weight is 441 g/mol. The number of fused-ring (bicyclic) bond motifs is 2. The second kappa shape index (κ2) is 8.15. The third kappa shape index (κ3) is 3.44. The number of anilines is 3. The zero-order valence-corrected chi connectivity index (χ0v) is 17.9. The SMILES string of the molecule is CCN1CCCN1C(=O)c1cnn2c(NC)cc(Nc3cc(F)cc4c3OCCO4)nc12. The fourth-order valence-electron chi connectivity index (χ4n) is 4.07. The Balaban J connectivity index is 1.55. The number of ether oxygens (including phenoxy) is 2. The molecule has 2 N–H and O–H groups in total. The van der Waals surface area contributed by atoms with Gasteiger partial charge in [-0.1, -0.05) is 6.92 Å². The second-order valence-corrected chi connectivity index (χ2v) is 7.50. The molecule has 0 aliphatic carbocycles. The number of hydrazine groups is 1. The minimum absolute atomic E-state index is 0.147. The fraction of sp³-hybridized carbons (Fsp3) is 0.381. The van der Waals surface area contributed by atoms with Crippen LogP contribution in [0.1, 0.15) is 23.7 Å². The maximum Gasteiger partial charge on any atom is 0.273 e. The molecule has 0 unspecified atom stereocenters. The maximum atomic E-state index is 14.1. The van der Waals surface area contributed by atoms with E-state index in [-0.39, 0.29) is 5.91 Å². The minimum atomic E-state index is -0.458. The molecular formula is C21H24FN7O3. The lowest BCUT2D eigenvalue weighted by Gasteiger charge is -2.26. The van der Waals surface area contributed by atoms with Gasteiger partial charge in [0.05, 0.1) is 11.9 Å². The van der Waals surface area contributed by atoms with Crippen LogP contribution in [-0.2, 0) is 0 Å². The molecule has 168 valence electrons. The first-order valence-electron chi connectivity index (χ1n) is 10.6. The highest BCUT2D eigenvalue weighted by Crippen LogP contribution is 2.40. The van der Waals surface area contributed by atoms with E-state index in [1.807, 2.05) is 11.9 Å². The van der Waals surface area contributed by atoms with E-state index in [2.05, 4.69) is 20.7 Å². The maximum absolute atomic E-state index is 14.1. The molecule has 1 saturated heterocycles. The summed E-state index contributed by atoms with van der Waals surface area (Å²) in [4.78, 5) is 17.9. The van der Waals surface area contributed by atoms with Crippen LogP contribution >= 0.6 is 0 Å². The highest BCUT2D eigenvalue weighted by molar-refractivity contribution is 6.00. The number of hydrogen-bond acceptors (Lipinski definition) is 8. The van der Waals surface area contributed by atoms with Crippen molar-refractivity contribution >= 4 is 28.9 Å². The third-order valence-electron chi connectivity index (χ3n) is 5.56. The topological polar surface area (TPSA) is 96.3 Å². The van der Waals surface area contributed by atoms with Gasteiger partial charge in [0.25, 0.3) is 5.91 Å². The van der Waals surface area contributed by atoms with E-state index in [0.717, 1.165) is 19.5 Å². The molecule has 0 radical (unpaired) electrons. The normalized spacial score (nSPS) is 15.9. The van der Waals surface area contributed by atoms with Crippen molar-refractivity contribution in [2.75, 3.05) is 50.5 Å². The van der Waals surface area contributed by atoms with Gasteiger partial charge in [-0.15, -0.1) is 0 Å². The van der Waals surface area contributed by atoms with Gasteiger partial charge < -0.3 is 20.1 Å². The van der Waals surface area contributed by atoms with E-state index in [0.29, 0.717) is 59.8 Å². The van der Waals surface area contributed by atoms with Crippen molar-refractivity contribution in [3.63, 3.8) is 0 Å². The van der Waals surface area contributed by atoms with Crippen LogP contribution in [0.15, 0.2) is 24.4 Å². The molecule has 5 rings (SSSR count). The predicted octanol–water partition coefficient (Wildman–Crippen LogP) is 2.51. The van der Waals surface area contributed by atoms with Crippen LogP contribution in [-0.4, -0.2) is 70.4 Å². The van der Waals surface area contributed by atoms with Crippen molar-refractivity contribution in [3.05, 3.63) is 35.8 Å². The summed E-state index contributed by atoms with van der Waals surface area (Å²) in [5.41, 5.74) is 1.18. The molecule has 4 heterocycles. The first-order chi connectivity index (χ1) is 15.6. The van der Waals surface area contributed by atoms with E-state index in [1.54, 1.807) is 22.6 Å². The van der Waals surface area contributed by atoms with Crippen molar-refractivity contribution in [3.8, 4) is 11.5 Å². The standard InChI is InChI=1S/C21H24FN7O3/c1-3-27-5-4-6-28(27)21(30)14-12-24-29-18(23-2)11-17(26-20(14)29)25-15-9-13(22)10-16-19(15)32-8-7-31-16/h9-12,23H,3-8H2,1-2H3,(H,25,26). The Kier molecular flexibility index (Phi) is 5.17. The van der Waals surface area contributed by atoms with Gasteiger partial charge in [0.1, 0.15) is 36.2 Å². The molecule has 11 heteroatoms. The Morgan fingerprint density at radius 3 is 2.88 bits per heavy atom. The summed E-state index contributed by atoms with van der Waals surface area (Å²) in [6, 6.07) is 4.34. The molecule has 1 amide bonds. The minimum Gasteiger partial charge on any atom is -0.486 e. The summed E-state index contributed by atoms with van der Waals surface area (Å²) in [7, 11) is 1.75. The Morgan fingerprint density at radius 2 is 2.06 bits per heavy atom. The molecule has 2 aromatic heterocycles. The van der Waals surface area contributed by atoms with Crippen molar-refractivity contribution in [2.24, 2.45) is 0 Å². The number of hydrogen-bond donors (Lipinski definition) is 2. The molecule has 1 aromatic carbocycles. The highest BCUT2D eigenvalue weighted by atomic mass is 19.1. The lowest BCUT2D eigenvalue weighted by atomic mass is 10.2.